The highest BCUT2D eigenvalue weighted by Gasteiger charge is 2.30. The summed E-state index contributed by atoms with van der Waals surface area (Å²) in [6.07, 6.45) is 0.684. The molecule has 1 atom stereocenters. The van der Waals surface area contributed by atoms with E-state index >= 15 is 0 Å². The van der Waals surface area contributed by atoms with Crippen molar-refractivity contribution in [2.24, 2.45) is 10.7 Å². The Hall–Kier alpha value is -5.10. The van der Waals surface area contributed by atoms with Crippen LogP contribution in [0.3, 0.4) is 0 Å². The van der Waals surface area contributed by atoms with Crippen molar-refractivity contribution >= 4 is 45.7 Å². The first-order valence-corrected chi connectivity index (χ1v) is 18.7. The number of carbonyl (C=O) groups excluding carboxylic acids is 2. The summed E-state index contributed by atoms with van der Waals surface area (Å²) >= 11 is 1.22. The fraction of sp³-hybridized carbons (Fsp3) is 0.412. The molecular formula is C34H45N7O9S2. The van der Waals surface area contributed by atoms with Gasteiger partial charge < -0.3 is 35.1 Å². The number of sulfonamides is 1. The topological polar surface area (TPSA) is 225 Å². The average Bonchev–Trinajstić information content (AvgIpc) is 3.06. The van der Waals surface area contributed by atoms with E-state index in [9.17, 15) is 32.7 Å². The molecule has 0 saturated carbocycles. The predicted octanol–water partition coefficient (Wildman–Crippen LogP) is 2.73. The highest BCUT2D eigenvalue weighted by Crippen LogP contribution is 2.22. The Kier molecular flexibility index (Phi) is 15.0. The standard InChI is InChI=1S/C34H45N7O9S2/c1-23-8-14-26(15-9-23)52(47,48)39-31(35)36-17-6-7-27(30(44)45)41(20-18-37-33(46)50-34(2,3)4)29(43)21-40-19-16-28(42)38-32(40)51-22-24-10-12-25(49-5)13-11-24/h8-16,19,27H,6-7,17-18,20-22H2,1-5H3,(H,37,46)(H,44,45)(H3,35,36,39)/t27-/m1/s1. The Morgan fingerprint density at radius 1 is 1.10 bits per heavy atom. The number of alkyl carbamates (subject to hydrolysis) is 1. The largest absolute Gasteiger partial charge is 0.497 e. The number of hydrogen-bond donors (Lipinski definition) is 4. The third-order valence-corrected chi connectivity index (χ3v) is 9.60. The van der Waals surface area contributed by atoms with Crippen molar-refractivity contribution < 1.29 is 37.4 Å². The molecule has 0 bridgehead atoms. The number of guanidine groups is 1. The molecule has 0 saturated heterocycles. The summed E-state index contributed by atoms with van der Waals surface area (Å²) in [5.74, 6) is -1.21. The third-order valence-electron chi connectivity index (χ3n) is 7.17. The van der Waals surface area contributed by atoms with E-state index in [4.69, 9.17) is 15.2 Å². The highest BCUT2D eigenvalue weighted by atomic mass is 32.2. The minimum Gasteiger partial charge on any atom is -0.497 e. The lowest BCUT2D eigenvalue weighted by atomic mass is 10.1. The minimum absolute atomic E-state index is 0.00316. The number of carbonyl (C=O) groups is 3. The number of benzene rings is 2. The molecule has 5 N–H and O–H groups in total. The molecule has 18 heteroatoms. The molecule has 0 aliphatic rings. The molecule has 282 valence electrons. The van der Waals surface area contributed by atoms with Crippen molar-refractivity contribution in [3.05, 3.63) is 82.3 Å². The first kappa shape index (κ1) is 41.3. The maximum Gasteiger partial charge on any atom is 0.407 e. The van der Waals surface area contributed by atoms with Gasteiger partial charge in [0.25, 0.3) is 15.6 Å². The number of carboxylic acids is 1. The summed E-state index contributed by atoms with van der Waals surface area (Å²) in [5, 5.41) is 13.0. The lowest BCUT2D eigenvalue weighted by Crippen LogP contribution is -2.50. The number of aliphatic carboxylic acids is 1. The van der Waals surface area contributed by atoms with Crippen LogP contribution in [0.25, 0.3) is 0 Å². The second-order valence-electron chi connectivity index (χ2n) is 12.5. The van der Waals surface area contributed by atoms with Crippen molar-refractivity contribution in [1.29, 1.82) is 0 Å². The van der Waals surface area contributed by atoms with Crippen LogP contribution in [0.15, 0.2) is 80.6 Å². The van der Waals surface area contributed by atoms with Crippen molar-refractivity contribution in [2.75, 3.05) is 26.7 Å². The minimum atomic E-state index is -3.99. The smallest absolute Gasteiger partial charge is 0.407 e. The van der Waals surface area contributed by atoms with Gasteiger partial charge in [-0.3, -0.25) is 14.6 Å². The predicted molar refractivity (Wildman–Crippen MR) is 196 cm³/mol. The first-order valence-electron chi connectivity index (χ1n) is 16.2. The van der Waals surface area contributed by atoms with Gasteiger partial charge in [0.05, 0.1) is 12.0 Å². The molecule has 1 heterocycles. The SMILES string of the molecule is COc1ccc(CSc2nc(=O)ccn2CC(=O)N(CCNC(=O)OC(C)(C)C)[C@H](CCCN=C(N)NS(=O)(=O)c2ccc(C)cc2)C(=O)O)cc1. The number of aryl methyl sites for hydroxylation is 1. The van der Waals surface area contributed by atoms with E-state index in [0.717, 1.165) is 16.0 Å². The fourth-order valence-electron chi connectivity index (χ4n) is 4.64. The molecule has 3 aromatic rings. The number of aliphatic imine (C=N–C) groups is 1. The molecule has 2 amide bonds. The average molecular weight is 760 g/mol. The van der Waals surface area contributed by atoms with Crippen LogP contribution in [0.1, 0.15) is 44.7 Å². The quantitative estimate of drug-likeness (QED) is 0.0513. The number of amides is 2. The van der Waals surface area contributed by atoms with Gasteiger partial charge >= 0.3 is 12.1 Å². The van der Waals surface area contributed by atoms with Crippen LogP contribution in [0.4, 0.5) is 4.79 Å². The van der Waals surface area contributed by atoms with Gasteiger partial charge in [-0.05, 0) is 70.4 Å². The number of ether oxygens (including phenoxy) is 2. The summed E-state index contributed by atoms with van der Waals surface area (Å²) in [4.78, 5) is 60.1. The molecule has 3 rings (SSSR count). The van der Waals surface area contributed by atoms with E-state index in [2.05, 4.69) is 20.0 Å². The van der Waals surface area contributed by atoms with Gasteiger partial charge in [-0.25, -0.2) is 22.7 Å². The van der Waals surface area contributed by atoms with E-state index in [1.54, 1.807) is 52.1 Å². The molecule has 0 aliphatic carbocycles. The summed E-state index contributed by atoms with van der Waals surface area (Å²) in [7, 11) is -2.43. The highest BCUT2D eigenvalue weighted by molar-refractivity contribution is 7.98. The number of thioether (sulfide) groups is 1. The number of nitrogens with two attached hydrogens (primary N) is 1. The summed E-state index contributed by atoms with van der Waals surface area (Å²) in [5.41, 5.74) is 6.32. The van der Waals surface area contributed by atoms with Crippen LogP contribution in [0.5, 0.6) is 5.75 Å². The third kappa shape index (κ3) is 13.6. The number of aromatic nitrogens is 2. The fourth-order valence-corrected chi connectivity index (χ4v) is 6.53. The van der Waals surface area contributed by atoms with E-state index in [1.165, 1.54) is 40.7 Å². The van der Waals surface area contributed by atoms with Crippen LogP contribution >= 0.6 is 11.8 Å². The van der Waals surface area contributed by atoms with Gasteiger partial charge in [0.2, 0.25) is 11.9 Å². The van der Waals surface area contributed by atoms with Crippen molar-refractivity contribution in [1.82, 2.24) is 24.5 Å². The van der Waals surface area contributed by atoms with Crippen molar-refractivity contribution in [3.8, 4) is 5.75 Å². The molecule has 52 heavy (non-hydrogen) atoms. The van der Waals surface area contributed by atoms with Crippen LogP contribution in [0, 0.1) is 6.92 Å². The van der Waals surface area contributed by atoms with E-state index < -0.39 is 45.2 Å². The second-order valence-corrected chi connectivity index (χ2v) is 15.1. The van der Waals surface area contributed by atoms with Crippen LogP contribution in [-0.4, -0.2) is 90.3 Å². The Labute approximate surface area is 306 Å². The normalized spacial score (nSPS) is 12.4. The zero-order valence-corrected chi connectivity index (χ0v) is 31.3. The van der Waals surface area contributed by atoms with E-state index in [0.29, 0.717) is 11.5 Å². The number of nitrogens with zero attached hydrogens (tertiary/aromatic N) is 4. The van der Waals surface area contributed by atoms with Gasteiger partial charge in [-0.15, -0.1) is 0 Å². The van der Waals surface area contributed by atoms with Gasteiger partial charge in [-0.2, -0.15) is 4.98 Å². The lowest BCUT2D eigenvalue weighted by Gasteiger charge is -2.30. The van der Waals surface area contributed by atoms with Crippen LogP contribution in [0.2, 0.25) is 0 Å². The van der Waals surface area contributed by atoms with Gasteiger partial charge in [0.1, 0.15) is 23.9 Å². The summed E-state index contributed by atoms with van der Waals surface area (Å²) < 4.78 is 39.4. The Balaban J connectivity index is 1.76. The number of hydrogen-bond acceptors (Lipinski definition) is 11. The van der Waals surface area contributed by atoms with E-state index in [1.807, 2.05) is 19.1 Å². The molecular weight excluding hydrogens is 715 g/mol. The maximum atomic E-state index is 13.8. The zero-order valence-electron chi connectivity index (χ0n) is 29.7. The zero-order chi connectivity index (χ0) is 38.5. The molecule has 0 aliphatic heterocycles. The van der Waals surface area contributed by atoms with Crippen LogP contribution in [-0.2, 0) is 36.6 Å². The van der Waals surface area contributed by atoms with E-state index in [-0.39, 0.29) is 55.0 Å². The monoisotopic (exact) mass is 759 g/mol. The molecule has 0 radical (unpaired) electrons. The summed E-state index contributed by atoms with van der Waals surface area (Å²) in [6, 6.07) is 13.3. The Bertz CT molecular complexity index is 1880. The second kappa shape index (κ2) is 18.9. The Morgan fingerprint density at radius 2 is 1.77 bits per heavy atom. The molecule has 0 unspecified atom stereocenters. The molecule has 16 nitrogen and oxygen atoms in total. The summed E-state index contributed by atoms with van der Waals surface area (Å²) in [6.45, 7) is 6.15. The molecule has 0 fully saturated rings. The Morgan fingerprint density at radius 3 is 2.38 bits per heavy atom. The molecule has 1 aromatic heterocycles. The molecule has 2 aromatic carbocycles. The maximum absolute atomic E-state index is 13.8. The van der Waals surface area contributed by atoms with Gasteiger partial charge in [0.15, 0.2) is 5.16 Å². The number of rotatable bonds is 17. The van der Waals surface area contributed by atoms with Crippen molar-refractivity contribution in [2.45, 2.75) is 74.5 Å². The first-order chi connectivity index (χ1) is 24.5. The number of nitrogens with one attached hydrogen (secondary N) is 2. The van der Waals surface area contributed by atoms with Crippen LogP contribution < -0.4 is 26.1 Å². The van der Waals surface area contributed by atoms with Gasteiger partial charge in [0, 0.05) is 37.7 Å². The number of methoxy groups -OCH3 is 1. The van der Waals surface area contributed by atoms with Crippen molar-refractivity contribution in [3.63, 3.8) is 0 Å². The lowest BCUT2D eigenvalue weighted by molar-refractivity contribution is -0.150. The number of carboxylic acid groups (broad SMARTS) is 1. The van der Waals surface area contributed by atoms with Gasteiger partial charge in [-0.1, -0.05) is 41.6 Å². The molecule has 0 spiro atoms.